The van der Waals surface area contributed by atoms with Gasteiger partial charge in [0.2, 0.25) is 0 Å². The topological polar surface area (TPSA) is 58.3 Å². The van der Waals surface area contributed by atoms with Gasteiger partial charge in [0, 0.05) is 24.9 Å². The van der Waals surface area contributed by atoms with Gasteiger partial charge in [0.1, 0.15) is 18.1 Å². The van der Waals surface area contributed by atoms with Crippen molar-refractivity contribution in [1.29, 1.82) is 0 Å². The monoisotopic (exact) mass is 232 g/mol. The molecule has 0 unspecified atom stereocenters. The molecule has 2 heterocycles. The zero-order valence-corrected chi connectivity index (χ0v) is 9.60. The van der Waals surface area contributed by atoms with Crippen LogP contribution >= 0.6 is 0 Å². The van der Waals surface area contributed by atoms with E-state index in [0.717, 1.165) is 24.4 Å². The zero-order valence-electron chi connectivity index (χ0n) is 9.60. The van der Waals surface area contributed by atoms with Crippen LogP contribution in [-0.4, -0.2) is 16.6 Å². The molecule has 4 heteroatoms. The lowest BCUT2D eigenvalue weighted by Crippen LogP contribution is -2.16. The van der Waals surface area contributed by atoms with Crippen LogP contribution in [-0.2, 0) is 19.6 Å². The van der Waals surface area contributed by atoms with Gasteiger partial charge in [-0.05, 0) is 24.3 Å². The summed E-state index contributed by atoms with van der Waals surface area (Å²) >= 11 is 0. The van der Waals surface area contributed by atoms with E-state index >= 15 is 0 Å². The smallest absolute Gasteiger partial charge is 0.129 e. The van der Waals surface area contributed by atoms with Gasteiger partial charge in [-0.15, -0.1) is 0 Å². The minimum absolute atomic E-state index is 0.0477. The van der Waals surface area contributed by atoms with Gasteiger partial charge >= 0.3 is 0 Å². The third kappa shape index (κ3) is 3.69. The van der Waals surface area contributed by atoms with Crippen LogP contribution < -0.4 is 5.32 Å². The number of nitrogens with zero attached hydrogens (tertiary/aromatic N) is 1. The molecule has 0 aliphatic carbocycles. The van der Waals surface area contributed by atoms with Gasteiger partial charge in [-0.1, -0.05) is 6.07 Å². The number of pyridine rings is 1. The van der Waals surface area contributed by atoms with E-state index in [0.29, 0.717) is 12.3 Å². The highest BCUT2D eigenvalue weighted by Crippen LogP contribution is 2.06. The minimum Gasteiger partial charge on any atom is -0.462 e. The molecule has 2 aromatic heterocycles. The molecule has 0 bridgehead atoms. The van der Waals surface area contributed by atoms with Crippen LogP contribution in [0.5, 0.6) is 0 Å². The summed E-state index contributed by atoms with van der Waals surface area (Å²) in [5.74, 6) is 1.45. The Labute approximate surface area is 100 Å². The van der Waals surface area contributed by atoms with E-state index in [-0.39, 0.29) is 6.61 Å². The Hall–Kier alpha value is -1.65. The Morgan fingerprint density at radius 1 is 1.18 bits per heavy atom. The van der Waals surface area contributed by atoms with E-state index in [1.807, 2.05) is 24.3 Å². The highest BCUT2D eigenvalue weighted by atomic mass is 16.4. The number of hydrogen-bond acceptors (Lipinski definition) is 4. The summed E-state index contributed by atoms with van der Waals surface area (Å²) in [4.78, 5) is 4.24. The molecule has 17 heavy (non-hydrogen) atoms. The van der Waals surface area contributed by atoms with Crippen molar-refractivity contribution in [2.45, 2.75) is 19.6 Å². The third-order valence-electron chi connectivity index (χ3n) is 2.46. The van der Waals surface area contributed by atoms with Crippen LogP contribution in [0.4, 0.5) is 0 Å². The molecular weight excluding hydrogens is 216 g/mol. The normalized spacial score (nSPS) is 10.6. The third-order valence-corrected chi connectivity index (χ3v) is 2.46. The lowest BCUT2D eigenvalue weighted by Gasteiger charge is -2.02. The SMILES string of the molecule is OCc1ccc(CNCCc2ccccn2)o1. The molecule has 2 aromatic rings. The quantitative estimate of drug-likeness (QED) is 0.741. The molecule has 2 rings (SSSR count). The lowest BCUT2D eigenvalue weighted by atomic mass is 10.3. The van der Waals surface area contributed by atoms with Crippen molar-refractivity contribution in [3.05, 3.63) is 53.7 Å². The van der Waals surface area contributed by atoms with Gasteiger partial charge in [0.15, 0.2) is 0 Å². The van der Waals surface area contributed by atoms with Crippen molar-refractivity contribution in [2.24, 2.45) is 0 Å². The van der Waals surface area contributed by atoms with Gasteiger partial charge in [-0.3, -0.25) is 4.98 Å². The van der Waals surface area contributed by atoms with Crippen LogP contribution in [0.1, 0.15) is 17.2 Å². The first-order valence-electron chi connectivity index (χ1n) is 5.67. The molecule has 0 aromatic carbocycles. The minimum atomic E-state index is -0.0477. The summed E-state index contributed by atoms with van der Waals surface area (Å²) < 4.78 is 5.36. The molecule has 0 atom stereocenters. The summed E-state index contributed by atoms with van der Waals surface area (Å²) in [5.41, 5.74) is 1.08. The molecule has 0 aliphatic heterocycles. The summed E-state index contributed by atoms with van der Waals surface area (Å²) in [7, 11) is 0. The number of rotatable bonds is 6. The fraction of sp³-hybridized carbons (Fsp3) is 0.308. The average molecular weight is 232 g/mol. The summed E-state index contributed by atoms with van der Waals surface area (Å²) in [6, 6.07) is 9.58. The maximum absolute atomic E-state index is 8.85. The van der Waals surface area contributed by atoms with Crippen LogP contribution in [0, 0.1) is 0 Å². The molecule has 0 spiro atoms. The zero-order chi connectivity index (χ0) is 11.9. The van der Waals surface area contributed by atoms with Crippen LogP contribution in [0.25, 0.3) is 0 Å². The van der Waals surface area contributed by atoms with E-state index in [9.17, 15) is 0 Å². The van der Waals surface area contributed by atoms with Crippen molar-refractivity contribution >= 4 is 0 Å². The molecule has 0 saturated heterocycles. The highest BCUT2D eigenvalue weighted by molar-refractivity contribution is 5.06. The predicted molar refractivity (Wildman–Crippen MR) is 64.3 cm³/mol. The lowest BCUT2D eigenvalue weighted by molar-refractivity contribution is 0.243. The number of aliphatic hydroxyl groups excluding tert-OH is 1. The van der Waals surface area contributed by atoms with E-state index < -0.39 is 0 Å². The Kier molecular flexibility index (Phi) is 4.30. The number of nitrogens with one attached hydrogen (secondary N) is 1. The van der Waals surface area contributed by atoms with Crippen LogP contribution in [0.3, 0.4) is 0 Å². The Bertz CT molecular complexity index is 440. The number of furan rings is 1. The molecule has 4 nitrogen and oxygen atoms in total. The second-order valence-electron chi connectivity index (χ2n) is 3.77. The Morgan fingerprint density at radius 2 is 2.06 bits per heavy atom. The van der Waals surface area contributed by atoms with Crippen molar-refractivity contribution in [3.8, 4) is 0 Å². The van der Waals surface area contributed by atoms with Crippen LogP contribution in [0.2, 0.25) is 0 Å². The van der Waals surface area contributed by atoms with Gasteiger partial charge in [0.05, 0.1) is 6.54 Å². The summed E-state index contributed by atoms with van der Waals surface area (Å²) in [5, 5.41) is 12.1. The number of aromatic nitrogens is 1. The Balaban J connectivity index is 1.69. The molecular formula is C13H16N2O2. The Morgan fingerprint density at radius 3 is 2.76 bits per heavy atom. The van der Waals surface area contributed by atoms with Crippen molar-refractivity contribution in [1.82, 2.24) is 10.3 Å². The first-order valence-corrected chi connectivity index (χ1v) is 5.67. The fourth-order valence-corrected chi connectivity index (χ4v) is 1.58. The van der Waals surface area contributed by atoms with Crippen LogP contribution in [0.15, 0.2) is 40.9 Å². The first-order chi connectivity index (χ1) is 8.38. The molecule has 0 fully saturated rings. The molecule has 0 amide bonds. The largest absolute Gasteiger partial charge is 0.462 e. The van der Waals surface area contributed by atoms with Gasteiger partial charge in [-0.25, -0.2) is 0 Å². The highest BCUT2D eigenvalue weighted by Gasteiger charge is 2.00. The maximum atomic E-state index is 8.85. The molecule has 90 valence electrons. The second kappa shape index (κ2) is 6.18. The summed E-state index contributed by atoms with van der Waals surface area (Å²) in [6.07, 6.45) is 2.70. The van der Waals surface area contributed by atoms with E-state index in [1.165, 1.54) is 0 Å². The fourth-order valence-electron chi connectivity index (χ4n) is 1.58. The van der Waals surface area contributed by atoms with Gasteiger partial charge in [0.25, 0.3) is 0 Å². The first kappa shape index (κ1) is 11.8. The van der Waals surface area contributed by atoms with E-state index in [4.69, 9.17) is 9.52 Å². The standard InChI is InChI=1S/C13H16N2O2/c16-10-13-5-4-12(17-13)9-14-8-6-11-3-1-2-7-15-11/h1-5,7,14,16H,6,8-10H2. The van der Waals surface area contributed by atoms with Crippen molar-refractivity contribution < 1.29 is 9.52 Å². The van der Waals surface area contributed by atoms with E-state index in [2.05, 4.69) is 10.3 Å². The molecule has 0 aliphatic rings. The summed E-state index contributed by atoms with van der Waals surface area (Å²) in [6.45, 7) is 1.48. The van der Waals surface area contributed by atoms with Crippen molar-refractivity contribution in [2.75, 3.05) is 6.54 Å². The second-order valence-corrected chi connectivity index (χ2v) is 3.77. The predicted octanol–water partition coefficient (Wildman–Crippen LogP) is 1.50. The molecule has 0 saturated carbocycles. The van der Waals surface area contributed by atoms with Gasteiger partial charge in [-0.2, -0.15) is 0 Å². The molecule has 2 N–H and O–H groups in total. The molecule has 0 radical (unpaired) electrons. The van der Waals surface area contributed by atoms with E-state index in [1.54, 1.807) is 12.3 Å². The van der Waals surface area contributed by atoms with Gasteiger partial charge < -0.3 is 14.8 Å². The number of aliphatic hydroxyl groups is 1. The number of hydrogen-bond donors (Lipinski definition) is 2. The maximum Gasteiger partial charge on any atom is 0.129 e. The average Bonchev–Trinajstić information content (AvgIpc) is 2.84. The van der Waals surface area contributed by atoms with Crippen molar-refractivity contribution in [3.63, 3.8) is 0 Å².